The second-order valence-electron chi connectivity index (χ2n) is 7.81. The fraction of sp³-hybridized carbons (Fsp3) is 0.400. The quantitative estimate of drug-likeness (QED) is 0.364. The lowest BCUT2D eigenvalue weighted by Gasteiger charge is -2.17. The Morgan fingerprint density at radius 1 is 1.43 bits per heavy atom. The molecule has 8 nitrogen and oxygen atoms in total. The van der Waals surface area contributed by atoms with Crippen molar-refractivity contribution >= 4 is 33.3 Å². The second-order valence-corrected chi connectivity index (χ2v) is 10.2. The van der Waals surface area contributed by atoms with Crippen LogP contribution in [0.15, 0.2) is 26.7 Å². The number of H-pyrrole nitrogens is 1. The molecule has 5 rings (SSSR count). The number of nitrogens with one attached hydrogen (secondary N) is 1. The fourth-order valence-electron chi connectivity index (χ4n) is 3.93. The van der Waals surface area contributed by atoms with Gasteiger partial charge in [-0.2, -0.15) is 0 Å². The number of hydrogen-bond acceptors (Lipinski definition) is 8. The van der Waals surface area contributed by atoms with E-state index in [0.717, 1.165) is 40.8 Å². The molecule has 1 aliphatic carbocycles. The van der Waals surface area contributed by atoms with Crippen LogP contribution in [0.3, 0.4) is 0 Å². The van der Waals surface area contributed by atoms with Gasteiger partial charge in [-0.25, -0.2) is 9.66 Å². The summed E-state index contributed by atoms with van der Waals surface area (Å²) in [6, 6.07) is 1.81. The maximum atomic E-state index is 12.9. The van der Waals surface area contributed by atoms with Crippen LogP contribution in [0.2, 0.25) is 0 Å². The van der Waals surface area contributed by atoms with Crippen LogP contribution in [-0.4, -0.2) is 24.8 Å². The molecule has 0 radical (unpaired) electrons. The minimum absolute atomic E-state index is 0.0570. The van der Waals surface area contributed by atoms with E-state index in [1.807, 2.05) is 19.9 Å². The highest BCUT2D eigenvalue weighted by Crippen LogP contribution is 2.38. The molecule has 156 valence electrons. The van der Waals surface area contributed by atoms with Gasteiger partial charge in [0.1, 0.15) is 16.4 Å². The van der Waals surface area contributed by atoms with Gasteiger partial charge in [-0.05, 0) is 50.7 Å². The van der Waals surface area contributed by atoms with Crippen molar-refractivity contribution in [2.24, 2.45) is 5.92 Å². The van der Waals surface area contributed by atoms with Crippen molar-refractivity contribution in [3.05, 3.63) is 44.7 Å². The van der Waals surface area contributed by atoms with Crippen molar-refractivity contribution in [3.63, 3.8) is 0 Å². The average Bonchev–Trinajstić information content (AvgIpc) is 3.38. The van der Waals surface area contributed by atoms with Crippen molar-refractivity contribution in [2.45, 2.75) is 50.4 Å². The van der Waals surface area contributed by atoms with Gasteiger partial charge in [0, 0.05) is 4.88 Å². The van der Waals surface area contributed by atoms with E-state index >= 15 is 0 Å². The van der Waals surface area contributed by atoms with Gasteiger partial charge in [0.2, 0.25) is 5.16 Å². The van der Waals surface area contributed by atoms with Crippen molar-refractivity contribution in [1.29, 1.82) is 0 Å². The molecule has 0 aromatic carbocycles. The van der Waals surface area contributed by atoms with E-state index in [0.29, 0.717) is 22.7 Å². The third-order valence-electron chi connectivity index (χ3n) is 5.62. The van der Waals surface area contributed by atoms with Crippen molar-refractivity contribution in [3.8, 4) is 11.4 Å². The van der Waals surface area contributed by atoms with Gasteiger partial charge in [-0.15, -0.1) is 21.5 Å². The lowest BCUT2D eigenvalue weighted by molar-refractivity contribution is 0.509. The number of aromatic nitrogens is 5. The summed E-state index contributed by atoms with van der Waals surface area (Å²) in [5, 5.41) is 9.58. The molecule has 10 heteroatoms. The van der Waals surface area contributed by atoms with Crippen molar-refractivity contribution in [1.82, 2.24) is 24.8 Å². The van der Waals surface area contributed by atoms with Crippen molar-refractivity contribution in [2.75, 3.05) is 5.84 Å². The maximum absolute atomic E-state index is 12.9. The Kier molecular flexibility index (Phi) is 4.70. The minimum Gasteiger partial charge on any atom is -0.469 e. The third kappa shape index (κ3) is 3.14. The summed E-state index contributed by atoms with van der Waals surface area (Å²) in [4.78, 5) is 22.8. The van der Waals surface area contributed by atoms with Gasteiger partial charge >= 0.3 is 0 Å². The standard InChI is InChI=1S/C20H22N6O2S2/c1-9-4-5-13-14(8-9)30-19-15(13)18(27)22-16(23-19)11(3)29-20-25-24-17(26(20)21)12-6-7-28-10(12)2/h6-7,9,11H,4-5,8,21H2,1-3H3,(H,22,23,27)/t9-,11-/m1/s1. The van der Waals surface area contributed by atoms with E-state index in [2.05, 4.69) is 22.1 Å². The monoisotopic (exact) mass is 442 g/mol. The summed E-state index contributed by atoms with van der Waals surface area (Å²) in [7, 11) is 0. The lowest BCUT2D eigenvalue weighted by Crippen LogP contribution is -2.16. The Morgan fingerprint density at radius 2 is 2.27 bits per heavy atom. The molecule has 1 aliphatic rings. The van der Waals surface area contributed by atoms with Gasteiger partial charge < -0.3 is 15.2 Å². The molecular formula is C20H22N6O2S2. The second kappa shape index (κ2) is 7.28. The van der Waals surface area contributed by atoms with E-state index in [-0.39, 0.29) is 10.8 Å². The number of fused-ring (bicyclic) bond motifs is 3. The van der Waals surface area contributed by atoms with Crippen LogP contribution in [-0.2, 0) is 12.8 Å². The lowest BCUT2D eigenvalue weighted by atomic mass is 9.89. The van der Waals surface area contributed by atoms with E-state index < -0.39 is 0 Å². The normalized spacial score (nSPS) is 17.4. The van der Waals surface area contributed by atoms with E-state index in [1.54, 1.807) is 17.6 Å². The molecule has 0 saturated carbocycles. The molecule has 0 aliphatic heterocycles. The van der Waals surface area contributed by atoms with E-state index in [4.69, 9.17) is 15.2 Å². The molecular weight excluding hydrogens is 420 g/mol. The molecule has 30 heavy (non-hydrogen) atoms. The zero-order valence-electron chi connectivity index (χ0n) is 16.9. The van der Waals surface area contributed by atoms with Gasteiger partial charge in [-0.1, -0.05) is 18.7 Å². The zero-order chi connectivity index (χ0) is 21.0. The molecule has 0 fully saturated rings. The first-order valence-corrected chi connectivity index (χ1v) is 11.6. The Hall–Kier alpha value is -2.59. The summed E-state index contributed by atoms with van der Waals surface area (Å²) in [5.41, 5.74) is 1.94. The first kappa shape index (κ1) is 19.4. The summed E-state index contributed by atoms with van der Waals surface area (Å²) < 4.78 is 6.78. The number of aromatic amines is 1. The van der Waals surface area contributed by atoms with E-state index in [9.17, 15) is 4.79 Å². The van der Waals surface area contributed by atoms with Crippen LogP contribution in [0.25, 0.3) is 21.6 Å². The van der Waals surface area contributed by atoms with Crippen LogP contribution in [0.4, 0.5) is 0 Å². The Balaban J connectivity index is 1.46. The Morgan fingerprint density at radius 3 is 3.03 bits per heavy atom. The number of nitrogen functional groups attached to an aromatic ring is 1. The molecule has 4 heterocycles. The highest BCUT2D eigenvalue weighted by atomic mass is 32.2. The first-order chi connectivity index (χ1) is 14.4. The van der Waals surface area contributed by atoms with Crippen LogP contribution in [0, 0.1) is 12.8 Å². The average molecular weight is 443 g/mol. The fourth-order valence-corrected chi connectivity index (χ4v) is 6.15. The molecule has 3 N–H and O–H groups in total. The zero-order valence-corrected chi connectivity index (χ0v) is 18.6. The number of aryl methyl sites for hydroxylation is 2. The molecule has 0 amide bonds. The molecule has 0 saturated heterocycles. The molecule has 4 aromatic heterocycles. The van der Waals surface area contributed by atoms with E-state index in [1.165, 1.54) is 26.9 Å². The largest absolute Gasteiger partial charge is 0.469 e. The van der Waals surface area contributed by atoms with Crippen LogP contribution < -0.4 is 11.4 Å². The van der Waals surface area contributed by atoms with Gasteiger partial charge in [0.05, 0.1) is 22.5 Å². The number of thioether (sulfide) groups is 1. The molecule has 0 spiro atoms. The topological polar surface area (TPSA) is 116 Å². The number of furan rings is 1. The van der Waals surface area contributed by atoms with Gasteiger partial charge in [0.15, 0.2) is 5.82 Å². The molecule has 4 aromatic rings. The third-order valence-corrected chi connectivity index (χ3v) is 7.83. The SMILES string of the molecule is Cc1occc1-c1nnc(S[C@H](C)c2nc3sc4c(c3c(=O)[nH]2)CC[C@@H](C)C4)n1N. The number of thiophene rings is 1. The number of rotatable bonds is 4. The van der Waals surface area contributed by atoms with Gasteiger partial charge in [-0.3, -0.25) is 4.79 Å². The summed E-state index contributed by atoms with van der Waals surface area (Å²) in [6.07, 6.45) is 4.70. The molecule has 2 atom stereocenters. The summed E-state index contributed by atoms with van der Waals surface area (Å²) in [6.45, 7) is 6.09. The highest BCUT2D eigenvalue weighted by molar-refractivity contribution is 7.99. The smallest absolute Gasteiger partial charge is 0.259 e. The molecule has 0 unspecified atom stereocenters. The Bertz CT molecular complexity index is 1300. The maximum Gasteiger partial charge on any atom is 0.259 e. The Labute approximate surface area is 180 Å². The number of hydrogen-bond donors (Lipinski definition) is 2. The van der Waals surface area contributed by atoms with Crippen LogP contribution in [0.5, 0.6) is 0 Å². The minimum atomic E-state index is -0.148. The number of nitrogens with two attached hydrogens (primary N) is 1. The van der Waals surface area contributed by atoms with Crippen LogP contribution >= 0.6 is 23.1 Å². The predicted octanol–water partition coefficient (Wildman–Crippen LogP) is 3.84. The first-order valence-electron chi connectivity index (χ1n) is 9.88. The number of nitrogens with zero attached hydrogens (tertiary/aromatic N) is 4. The van der Waals surface area contributed by atoms with Crippen LogP contribution in [0.1, 0.15) is 47.5 Å². The highest BCUT2D eigenvalue weighted by Gasteiger charge is 2.25. The van der Waals surface area contributed by atoms with Gasteiger partial charge in [0.25, 0.3) is 5.56 Å². The molecule has 0 bridgehead atoms. The predicted molar refractivity (Wildman–Crippen MR) is 118 cm³/mol. The summed E-state index contributed by atoms with van der Waals surface area (Å²) >= 11 is 3.06. The van der Waals surface area contributed by atoms with Crippen molar-refractivity contribution < 1.29 is 4.42 Å². The summed E-state index contributed by atoms with van der Waals surface area (Å²) in [5.74, 6) is 8.77.